The van der Waals surface area contributed by atoms with Gasteiger partial charge in [-0.15, -0.1) is 11.6 Å². The minimum atomic E-state index is -3.47. The Labute approximate surface area is 220 Å². The van der Waals surface area contributed by atoms with Crippen molar-refractivity contribution in [3.05, 3.63) is 75.6 Å². The number of fused-ring (bicyclic) bond motifs is 1. The molecule has 0 saturated heterocycles. The summed E-state index contributed by atoms with van der Waals surface area (Å²) in [6, 6.07) is 13.5. The Bertz CT molecular complexity index is 1410. The lowest BCUT2D eigenvalue weighted by molar-refractivity contribution is 0.300. The average molecular weight is 547 g/mol. The van der Waals surface area contributed by atoms with E-state index in [1.54, 1.807) is 6.07 Å². The lowest BCUT2D eigenvalue weighted by Gasteiger charge is -2.27. The number of anilines is 1. The van der Waals surface area contributed by atoms with Gasteiger partial charge in [0.2, 0.25) is 16.0 Å². The molecule has 8 nitrogen and oxygen atoms in total. The lowest BCUT2D eigenvalue weighted by atomic mass is 9.78. The minimum Gasteiger partial charge on any atom is -0.489 e. The first-order valence-corrected chi connectivity index (χ1v) is 14.1. The summed E-state index contributed by atoms with van der Waals surface area (Å²) < 4.78 is 36.6. The van der Waals surface area contributed by atoms with Gasteiger partial charge < -0.3 is 9.47 Å². The van der Waals surface area contributed by atoms with Crippen LogP contribution in [0.4, 0.5) is 5.95 Å². The summed E-state index contributed by atoms with van der Waals surface area (Å²) >= 11 is 12.2. The highest BCUT2D eigenvalue weighted by atomic mass is 35.5. The van der Waals surface area contributed by atoms with E-state index in [-0.39, 0.29) is 25.1 Å². The molecule has 11 heteroatoms. The molecule has 2 aromatic carbocycles. The molecular formula is C25H24Cl2N4O4S. The first kappa shape index (κ1) is 26.0. The number of aromatic nitrogens is 2. The molecule has 4 rings (SSSR count). The molecule has 1 aliphatic rings. The van der Waals surface area contributed by atoms with Crippen molar-refractivity contribution >= 4 is 39.2 Å². The van der Waals surface area contributed by atoms with Crippen LogP contribution in [0.15, 0.2) is 42.6 Å². The summed E-state index contributed by atoms with van der Waals surface area (Å²) in [6.45, 7) is 0.433. The zero-order valence-corrected chi connectivity index (χ0v) is 21.8. The molecule has 1 N–H and O–H groups in total. The Kier molecular flexibility index (Phi) is 8.19. The largest absolute Gasteiger partial charge is 0.489 e. The third-order valence-corrected chi connectivity index (χ3v) is 6.71. The first-order valence-electron chi connectivity index (χ1n) is 11.2. The number of nitrogens with zero attached hydrogens (tertiary/aromatic N) is 3. The Morgan fingerprint density at radius 2 is 2.06 bits per heavy atom. The molecule has 1 aliphatic carbocycles. The molecule has 0 saturated carbocycles. The van der Waals surface area contributed by atoms with Gasteiger partial charge in [0.25, 0.3) is 0 Å². The van der Waals surface area contributed by atoms with Crippen molar-refractivity contribution in [2.24, 2.45) is 0 Å². The minimum absolute atomic E-state index is 0.00126. The van der Waals surface area contributed by atoms with Crippen molar-refractivity contribution in [2.75, 3.05) is 23.5 Å². The number of rotatable bonds is 9. The molecule has 0 fully saturated rings. The molecule has 3 aromatic rings. The number of nitrogens with one attached hydrogen (secondary N) is 1. The zero-order chi connectivity index (χ0) is 25.7. The topological polar surface area (TPSA) is 114 Å². The fourth-order valence-corrected chi connectivity index (χ4v) is 5.05. The number of benzene rings is 2. The zero-order valence-electron chi connectivity index (χ0n) is 19.5. The Hall–Kier alpha value is -3.06. The number of alkyl halides is 1. The number of nitriles is 1. The molecule has 0 radical (unpaired) electrons. The maximum absolute atomic E-state index is 11.4. The van der Waals surface area contributed by atoms with Gasteiger partial charge >= 0.3 is 0 Å². The van der Waals surface area contributed by atoms with Crippen molar-refractivity contribution in [3.8, 4) is 17.6 Å². The summed E-state index contributed by atoms with van der Waals surface area (Å²) in [5, 5.41) is 10.0. The average Bonchev–Trinajstić information content (AvgIpc) is 2.85. The fourth-order valence-electron chi connectivity index (χ4n) is 4.26. The maximum atomic E-state index is 11.4. The second-order valence-corrected chi connectivity index (χ2v) is 10.9. The number of hydrogen-bond donors (Lipinski definition) is 1. The van der Waals surface area contributed by atoms with E-state index < -0.39 is 10.0 Å². The van der Waals surface area contributed by atoms with Crippen molar-refractivity contribution in [3.63, 3.8) is 0 Å². The summed E-state index contributed by atoms with van der Waals surface area (Å²) in [5.74, 6) is 1.45. The highest BCUT2D eigenvalue weighted by Crippen LogP contribution is 2.41. The quantitative estimate of drug-likeness (QED) is 0.374. The van der Waals surface area contributed by atoms with Crippen LogP contribution in [0.3, 0.4) is 0 Å². The predicted octanol–water partition coefficient (Wildman–Crippen LogP) is 5.04. The van der Waals surface area contributed by atoms with Gasteiger partial charge in [-0.1, -0.05) is 17.7 Å². The summed E-state index contributed by atoms with van der Waals surface area (Å²) in [7, 11) is -3.47. The molecule has 36 heavy (non-hydrogen) atoms. The van der Waals surface area contributed by atoms with Crippen LogP contribution >= 0.6 is 23.2 Å². The van der Waals surface area contributed by atoms with Gasteiger partial charge in [0.1, 0.15) is 25.0 Å². The van der Waals surface area contributed by atoms with Crippen molar-refractivity contribution in [2.45, 2.75) is 31.8 Å². The van der Waals surface area contributed by atoms with E-state index in [1.165, 1.54) is 17.3 Å². The van der Waals surface area contributed by atoms with Gasteiger partial charge in [0, 0.05) is 12.1 Å². The van der Waals surface area contributed by atoms with E-state index in [1.807, 2.05) is 30.3 Å². The highest BCUT2D eigenvalue weighted by molar-refractivity contribution is 7.91. The molecule has 188 valence electrons. The third kappa shape index (κ3) is 6.38. The van der Waals surface area contributed by atoms with Gasteiger partial charge in [-0.25, -0.2) is 18.4 Å². The Balaban J connectivity index is 1.53. The van der Waals surface area contributed by atoms with E-state index in [0.29, 0.717) is 33.7 Å². The van der Waals surface area contributed by atoms with Gasteiger partial charge in [0.15, 0.2) is 5.75 Å². The Morgan fingerprint density at radius 3 is 2.81 bits per heavy atom. The third-order valence-electron chi connectivity index (χ3n) is 5.72. The molecule has 0 aliphatic heterocycles. The van der Waals surface area contributed by atoms with Crippen LogP contribution in [0.25, 0.3) is 0 Å². The molecular weight excluding hydrogens is 523 g/mol. The smallest absolute Gasteiger partial charge is 0.236 e. The Morgan fingerprint density at radius 1 is 1.22 bits per heavy atom. The van der Waals surface area contributed by atoms with Gasteiger partial charge in [-0.05, 0) is 66.3 Å². The van der Waals surface area contributed by atoms with Crippen LogP contribution in [0.1, 0.15) is 46.7 Å². The number of ether oxygens (including phenoxy) is 2. The van der Waals surface area contributed by atoms with Gasteiger partial charge in [0.05, 0.1) is 28.4 Å². The van der Waals surface area contributed by atoms with Crippen LogP contribution in [-0.4, -0.2) is 37.1 Å². The number of aryl methyl sites for hydroxylation is 1. The molecule has 1 aromatic heterocycles. The molecule has 0 spiro atoms. The van der Waals surface area contributed by atoms with Crippen LogP contribution in [-0.2, 0) is 23.1 Å². The van der Waals surface area contributed by atoms with Gasteiger partial charge in [-0.2, -0.15) is 5.26 Å². The molecule has 1 heterocycles. The van der Waals surface area contributed by atoms with Crippen molar-refractivity contribution in [1.29, 1.82) is 5.26 Å². The van der Waals surface area contributed by atoms with Crippen LogP contribution in [0.2, 0.25) is 5.02 Å². The van der Waals surface area contributed by atoms with E-state index in [4.69, 9.17) is 32.7 Å². The predicted molar refractivity (Wildman–Crippen MR) is 138 cm³/mol. The normalized spacial score (nSPS) is 15.0. The molecule has 0 bridgehead atoms. The summed E-state index contributed by atoms with van der Waals surface area (Å²) in [5.41, 5.74) is 4.25. The monoisotopic (exact) mass is 546 g/mol. The number of halogens is 2. The summed E-state index contributed by atoms with van der Waals surface area (Å²) in [6.07, 6.45) is 5.35. The van der Waals surface area contributed by atoms with Crippen molar-refractivity contribution in [1.82, 2.24) is 9.97 Å². The highest BCUT2D eigenvalue weighted by Gasteiger charge is 2.24. The van der Waals surface area contributed by atoms with E-state index >= 15 is 0 Å². The SMILES string of the molecule is CS(=O)(=O)Nc1nccc(COc2ccc3c(c2)CCCC3c2cc(Cl)c(OCCCl)c(C#N)c2)n1. The van der Waals surface area contributed by atoms with Gasteiger partial charge in [-0.3, -0.25) is 4.72 Å². The first-order chi connectivity index (χ1) is 17.3. The molecule has 0 amide bonds. The number of sulfonamides is 1. The van der Waals surface area contributed by atoms with Crippen LogP contribution < -0.4 is 14.2 Å². The van der Waals surface area contributed by atoms with Crippen molar-refractivity contribution < 1.29 is 17.9 Å². The fraction of sp³-hybridized carbons (Fsp3) is 0.320. The van der Waals surface area contributed by atoms with Crippen LogP contribution in [0, 0.1) is 11.3 Å². The standard InChI is InChI=1S/C25H24Cl2N4O4S/c1-36(32,33)31-25-29-9-7-19(30-25)15-35-20-5-6-22-16(12-20)3-2-4-21(22)17-11-18(14-28)24(23(27)13-17)34-10-8-26/h5-7,9,11-13,21H,2-4,8,10,15H2,1H3,(H,29,30,31). The summed E-state index contributed by atoms with van der Waals surface area (Å²) in [4.78, 5) is 8.09. The van der Waals surface area contributed by atoms with E-state index in [9.17, 15) is 13.7 Å². The lowest BCUT2D eigenvalue weighted by Crippen LogP contribution is -2.13. The van der Waals surface area contributed by atoms with E-state index in [2.05, 4.69) is 20.8 Å². The van der Waals surface area contributed by atoms with E-state index in [0.717, 1.165) is 31.1 Å². The second kappa shape index (κ2) is 11.3. The molecule has 1 atom stereocenters. The number of hydrogen-bond acceptors (Lipinski definition) is 7. The second-order valence-electron chi connectivity index (χ2n) is 8.37. The molecule has 1 unspecified atom stereocenters. The maximum Gasteiger partial charge on any atom is 0.236 e. The van der Waals surface area contributed by atoms with Crippen LogP contribution in [0.5, 0.6) is 11.5 Å².